The van der Waals surface area contributed by atoms with Crippen LogP contribution in [0.1, 0.15) is 46.5 Å². The highest BCUT2D eigenvalue weighted by atomic mass is 19.1. The highest BCUT2D eigenvalue weighted by Gasteiger charge is 2.24. The van der Waals surface area contributed by atoms with Gasteiger partial charge in [-0.3, -0.25) is 4.39 Å². The van der Waals surface area contributed by atoms with E-state index in [1.165, 1.54) is 0 Å². The van der Waals surface area contributed by atoms with E-state index in [0.29, 0.717) is 0 Å². The minimum absolute atomic E-state index is 0.151. The topological polar surface area (TPSA) is 38.3 Å². The molecule has 1 fully saturated rings. The number of ether oxygens (including phenoxy) is 1. The van der Waals surface area contributed by atoms with E-state index in [0.717, 1.165) is 25.7 Å². The summed E-state index contributed by atoms with van der Waals surface area (Å²) in [5, 5.41) is 2.84. The molecule has 0 saturated heterocycles. The summed E-state index contributed by atoms with van der Waals surface area (Å²) in [4.78, 5) is 11.5. The molecule has 1 amide bonds. The van der Waals surface area contributed by atoms with Crippen molar-refractivity contribution in [3.63, 3.8) is 0 Å². The smallest absolute Gasteiger partial charge is 0.407 e. The highest BCUT2D eigenvalue weighted by molar-refractivity contribution is 5.68. The maximum Gasteiger partial charge on any atom is 0.407 e. The van der Waals surface area contributed by atoms with Gasteiger partial charge in [0.25, 0.3) is 0 Å². The lowest BCUT2D eigenvalue weighted by molar-refractivity contribution is 0.0486. The van der Waals surface area contributed by atoms with Gasteiger partial charge in [0.15, 0.2) is 0 Å². The lowest BCUT2D eigenvalue weighted by Crippen LogP contribution is -2.41. The van der Waals surface area contributed by atoms with Crippen LogP contribution in [0.5, 0.6) is 0 Å². The van der Waals surface area contributed by atoms with Crippen LogP contribution in [0, 0.1) is 5.92 Å². The van der Waals surface area contributed by atoms with Crippen molar-refractivity contribution in [1.82, 2.24) is 5.32 Å². The molecule has 0 heterocycles. The Morgan fingerprint density at radius 2 is 1.88 bits per heavy atom. The van der Waals surface area contributed by atoms with Gasteiger partial charge in [-0.25, -0.2) is 4.79 Å². The molecule has 16 heavy (non-hydrogen) atoms. The molecule has 1 aliphatic carbocycles. The number of amides is 1. The van der Waals surface area contributed by atoms with Crippen LogP contribution in [-0.2, 0) is 4.74 Å². The minimum atomic E-state index is -0.458. The zero-order chi connectivity index (χ0) is 12.2. The number of alkyl halides is 1. The predicted octanol–water partition coefficient (Wildman–Crippen LogP) is 3.04. The van der Waals surface area contributed by atoms with Crippen molar-refractivity contribution in [2.24, 2.45) is 5.92 Å². The molecule has 0 spiro atoms. The lowest BCUT2D eigenvalue weighted by atomic mass is 9.87. The van der Waals surface area contributed by atoms with Gasteiger partial charge in [0, 0.05) is 6.04 Å². The molecule has 1 saturated carbocycles. The summed E-state index contributed by atoms with van der Waals surface area (Å²) in [6.07, 6.45) is 3.06. The molecule has 1 aliphatic rings. The molecule has 3 nitrogen and oxygen atoms in total. The molecule has 0 atom stereocenters. The summed E-state index contributed by atoms with van der Waals surface area (Å²) in [5.41, 5.74) is -0.458. The quantitative estimate of drug-likeness (QED) is 0.793. The minimum Gasteiger partial charge on any atom is -0.444 e. The lowest BCUT2D eigenvalue weighted by Gasteiger charge is -2.28. The van der Waals surface area contributed by atoms with Crippen LogP contribution in [0.3, 0.4) is 0 Å². The van der Waals surface area contributed by atoms with E-state index in [1.54, 1.807) is 0 Å². The van der Waals surface area contributed by atoms with Crippen molar-refractivity contribution in [1.29, 1.82) is 0 Å². The monoisotopic (exact) mass is 231 g/mol. The second kappa shape index (κ2) is 5.51. The van der Waals surface area contributed by atoms with Gasteiger partial charge in [-0.1, -0.05) is 0 Å². The summed E-state index contributed by atoms with van der Waals surface area (Å²) in [6, 6.07) is 0.151. The molecule has 94 valence electrons. The Morgan fingerprint density at radius 3 is 2.31 bits per heavy atom. The fourth-order valence-electron chi connectivity index (χ4n) is 1.94. The van der Waals surface area contributed by atoms with E-state index in [9.17, 15) is 9.18 Å². The van der Waals surface area contributed by atoms with Gasteiger partial charge in [0.2, 0.25) is 0 Å². The maximum absolute atomic E-state index is 12.4. The van der Waals surface area contributed by atoms with Gasteiger partial charge in [0.05, 0.1) is 6.67 Å². The summed E-state index contributed by atoms with van der Waals surface area (Å²) >= 11 is 0. The molecule has 0 aromatic heterocycles. The summed E-state index contributed by atoms with van der Waals surface area (Å²) in [6.45, 7) is 5.28. The fourth-order valence-corrected chi connectivity index (χ4v) is 1.94. The second-order valence-corrected chi connectivity index (χ2v) is 5.52. The standard InChI is InChI=1S/C12H22FNO2/c1-12(2,3)16-11(15)14-10-6-4-9(8-13)5-7-10/h9-10H,4-8H2,1-3H3,(H,14,15). The van der Waals surface area contributed by atoms with Gasteiger partial charge in [-0.2, -0.15) is 0 Å². The number of nitrogens with one attached hydrogen (secondary N) is 1. The zero-order valence-electron chi connectivity index (χ0n) is 10.4. The fraction of sp³-hybridized carbons (Fsp3) is 0.917. The molecule has 0 aromatic rings. The van der Waals surface area contributed by atoms with Crippen LogP contribution in [0.2, 0.25) is 0 Å². The Labute approximate surface area is 96.7 Å². The first kappa shape index (κ1) is 13.3. The van der Waals surface area contributed by atoms with Crippen molar-refractivity contribution >= 4 is 6.09 Å². The largest absolute Gasteiger partial charge is 0.444 e. The van der Waals surface area contributed by atoms with Crippen molar-refractivity contribution < 1.29 is 13.9 Å². The first-order valence-electron chi connectivity index (χ1n) is 5.96. The number of halogens is 1. The Balaban J connectivity index is 2.26. The molecule has 1 rings (SSSR count). The molecule has 0 bridgehead atoms. The van der Waals surface area contributed by atoms with Gasteiger partial charge in [-0.05, 0) is 52.4 Å². The average molecular weight is 231 g/mol. The Hall–Kier alpha value is -0.800. The molecule has 0 radical (unpaired) electrons. The van der Waals surface area contributed by atoms with E-state index in [4.69, 9.17) is 4.74 Å². The molecular weight excluding hydrogens is 209 g/mol. The summed E-state index contributed by atoms with van der Waals surface area (Å²) in [7, 11) is 0. The third-order valence-corrected chi connectivity index (χ3v) is 2.79. The predicted molar refractivity (Wildman–Crippen MR) is 61.1 cm³/mol. The van der Waals surface area contributed by atoms with Crippen molar-refractivity contribution in [2.75, 3.05) is 6.67 Å². The van der Waals surface area contributed by atoms with Crippen molar-refractivity contribution in [2.45, 2.75) is 58.1 Å². The average Bonchev–Trinajstić information content (AvgIpc) is 2.16. The summed E-state index contributed by atoms with van der Waals surface area (Å²) in [5.74, 6) is 0.191. The summed E-state index contributed by atoms with van der Waals surface area (Å²) < 4.78 is 17.5. The van der Waals surface area contributed by atoms with Crippen LogP contribution in [0.25, 0.3) is 0 Å². The van der Waals surface area contributed by atoms with Crippen LogP contribution in [0.15, 0.2) is 0 Å². The number of hydrogen-bond donors (Lipinski definition) is 1. The van der Waals surface area contributed by atoms with Gasteiger partial charge < -0.3 is 10.1 Å². The van der Waals surface area contributed by atoms with Crippen LogP contribution in [0.4, 0.5) is 9.18 Å². The molecule has 0 aromatic carbocycles. The molecule has 0 aliphatic heterocycles. The van der Waals surface area contributed by atoms with E-state index >= 15 is 0 Å². The Kier molecular flexibility index (Phi) is 4.56. The van der Waals surface area contributed by atoms with Crippen LogP contribution < -0.4 is 5.32 Å². The highest BCUT2D eigenvalue weighted by Crippen LogP contribution is 2.24. The number of alkyl carbamates (subject to hydrolysis) is 1. The van der Waals surface area contributed by atoms with Crippen LogP contribution >= 0.6 is 0 Å². The normalized spacial score (nSPS) is 26.2. The van der Waals surface area contributed by atoms with E-state index < -0.39 is 5.60 Å². The SMILES string of the molecule is CC(C)(C)OC(=O)NC1CCC(CF)CC1. The maximum atomic E-state index is 12.4. The third-order valence-electron chi connectivity index (χ3n) is 2.79. The van der Waals surface area contributed by atoms with E-state index in [1.807, 2.05) is 20.8 Å². The van der Waals surface area contributed by atoms with Gasteiger partial charge in [0.1, 0.15) is 5.60 Å². The molecular formula is C12H22FNO2. The Morgan fingerprint density at radius 1 is 1.31 bits per heavy atom. The third kappa shape index (κ3) is 4.81. The number of carbonyl (C=O) groups excluding carboxylic acids is 1. The number of rotatable bonds is 2. The first-order valence-corrected chi connectivity index (χ1v) is 5.96. The van der Waals surface area contributed by atoms with E-state index in [2.05, 4.69) is 5.32 Å². The molecule has 4 heteroatoms. The molecule has 0 unspecified atom stereocenters. The first-order chi connectivity index (χ1) is 7.40. The van der Waals surface area contributed by atoms with E-state index in [-0.39, 0.29) is 24.7 Å². The van der Waals surface area contributed by atoms with Crippen molar-refractivity contribution in [3.8, 4) is 0 Å². The molecule has 1 N–H and O–H groups in total. The van der Waals surface area contributed by atoms with Gasteiger partial charge in [-0.15, -0.1) is 0 Å². The van der Waals surface area contributed by atoms with Crippen molar-refractivity contribution in [3.05, 3.63) is 0 Å². The number of carbonyl (C=O) groups is 1. The van der Waals surface area contributed by atoms with Gasteiger partial charge >= 0.3 is 6.09 Å². The Bertz CT molecular complexity index is 230. The zero-order valence-corrected chi connectivity index (χ0v) is 10.4. The second-order valence-electron chi connectivity index (χ2n) is 5.52. The van der Waals surface area contributed by atoms with Crippen LogP contribution in [-0.4, -0.2) is 24.4 Å². The number of hydrogen-bond acceptors (Lipinski definition) is 2.